The number of aromatic nitrogens is 1. The molecule has 0 unspecified atom stereocenters. The standard InChI is InChI=1S/C20H20N2O3S/c1-2-11-22-18(12-14-13-21-17-9-5-3-7-15(14)17)20(23)16-8-4-6-10-19(16)26(22,24)25/h2-10,13,18,20-21,23H,1,11-12H2/t18-,20+/m1/s1. The van der Waals surface area contributed by atoms with Crippen LogP contribution in [0.1, 0.15) is 17.2 Å². The molecule has 1 aliphatic heterocycles. The molecule has 4 rings (SSSR count). The number of benzene rings is 2. The lowest BCUT2D eigenvalue weighted by Gasteiger charge is -2.38. The molecule has 5 nitrogen and oxygen atoms in total. The molecular formula is C20H20N2O3S. The van der Waals surface area contributed by atoms with Gasteiger partial charge >= 0.3 is 0 Å². The van der Waals surface area contributed by atoms with Gasteiger partial charge in [0.15, 0.2) is 0 Å². The van der Waals surface area contributed by atoms with Gasteiger partial charge in [-0.3, -0.25) is 0 Å². The molecule has 2 heterocycles. The smallest absolute Gasteiger partial charge is 0.244 e. The molecule has 2 atom stereocenters. The summed E-state index contributed by atoms with van der Waals surface area (Å²) in [6.45, 7) is 3.84. The molecule has 2 N–H and O–H groups in total. The Labute approximate surface area is 152 Å². The van der Waals surface area contributed by atoms with Gasteiger partial charge in [0.2, 0.25) is 10.0 Å². The van der Waals surface area contributed by atoms with Crippen molar-refractivity contribution in [2.75, 3.05) is 6.54 Å². The molecule has 1 aliphatic rings. The van der Waals surface area contributed by atoms with Gasteiger partial charge in [0.05, 0.1) is 17.0 Å². The Morgan fingerprint density at radius 1 is 1.15 bits per heavy atom. The van der Waals surface area contributed by atoms with Crippen LogP contribution in [0.2, 0.25) is 0 Å². The summed E-state index contributed by atoms with van der Waals surface area (Å²) < 4.78 is 27.6. The number of aromatic amines is 1. The fraction of sp³-hybridized carbons (Fsp3) is 0.200. The number of para-hydroxylation sites is 1. The number of rotatable bonds is 4. The van der Waals surface area contributed by atoms with Gasteiger partial charge in [-0.2, -0.15) is 4.31 Å². The Balaban J connectivity index is 1.82. The third-order valence-corrected chi connectivity index (χ3v) is 6.94. The summed E-state index contributed by atoms with van der Waals surface area (Å²) in [7, 11) is -3.69. The molecule has 3 aromatic rings. The molecule has 2 aromatic carbocycles. The van der Waals surface area contributed by atoms with E-state index in [2.05, 4.69) is 11.6 Å². The van der Waals surface area contributed by atoms with E-state index in [0.29, 0.717) is 12.0 Å². The monoisotopic (exact) mass is 368 g/mol. The summed E-state index contributed by atoms with van der Waals surface area (Å²) in [5, 5.41) is 12.0. The van der Waals surface area contributed by atoms with Gasteiger partial charge in [0.25, 0.3) is 0 Å². The molecule has 6 heteroatoms. The van der Waals surface area contributed by atoms with E-state index >= 15 is 0 Å². The largest absolute Gasteiger partial charge is 0.387 e. The highest BCUT2D eigenvalue weighted by Crippen LogP contribution is 2.38. The van der Waals surface area contributed by atoms with Gasteiger partial charge in [0, 0.05) is 29.2 Å². The fourth-order valence-corrected chi connectivity index (χ4v) is 5.57. The quantitative estimate of drug-likeness (QED) is 0.695. The summed E-state index contributed by atoms with van der Waals surface area (Å²) in [6, 6.07) is 13.9. The van der Waals surface area contributed by atoms with E-state index in [-0.39, 0.29) is 11.4 Å². The summed E-state index contributed by atoms with van der Waals surface area (Å²) in [5.74, 6) is 0. The van der Waals surface area contributed by atoms with Crippen LogP contribution in [0.25, 0.3) is 10.9 Å². The van der Waals surface area contributed by atoms with Crippen LogP contribution >= 0.6 is 0 Å². The number of aliphatic hydroxyl groups is 1. The average molecular weight is 368 g/mol. The normalized spacial score (nSPS) is 22.2. The number of nitrogens with one attached hydrogen (secondary N) is 1. The van der Waals surface area contributed by atoms with Crippen LogP contribution in [0.4, 0.5) is 0 Å². The van der Waals surface area contributed by atoms with Gasteiger partial charge in [-0.15, -0.1) is 6.58 Å². The first-order chi connectivity index (χ1) is 12.5. The third kappa shape index (κ3) is 2.58. The number of nitrogens with zero attached hydrogens (tertiary/aromatic N) is 1. The van der Waals surface area contributed by atoms with Crippen molar-refractivity contribution in [1.29, 1.82) is 0 Å². The number of hydrogen-bond acceptors (Lipinski definition) is 3. The molecule has 0 saturated heterocycles. The molecule has 0 fully saturated rings. The van der Waals surface area contributed by atoms with Crippen LogP contribution in [-0.2, 0) is 16.4 Å². The molecule has 0 saturated carbocycles. The number of fused-ring (bicyclic) bond motifs is 2. The summed E-state index contributed by atoms with van der Waals surface area (Å²) in [4.78, 5) is 3.38. The number of sulfonamides is 1. The van der Waals surface area contributed by atoms with E-state index in [4.69, 9.17) is 0 Å². The van der Waals surface area contributed by atoms with Crippen LogP contribution in [0, 0.1) is 0 Å². The maximum Gasteiger partial charge on any atom is 0.244 e. The Bertz CT molecular complexity index is 1070. The van der Waals surface area contributed by atoms with E-state index in [1.807, 2.05) is 30.5 Å². The Hall–Kier alpha value is -2.41. The van der Waals surface area contributed by atoms with E-state index in [1.165, 1.54) is 4.31 Å². The van der Waals surface area contributed by atoms with E-state index in [0.717, 1.165) is 16.5 Å². The van der Waals surface area contributed by atoms with Gasteiger partial charge in [0.1, 0.15) is 0 Å². The van der Waals surface area contributed by atoms with Crippen LogP contribution in [0.3, 0.4) is 0 Å². The topological polar surface area (TPSA) is 73.4 Å². The van der Waals surface area contributed by atoms with Crippen molar-refractivity contribution < 1.29 is 13.5 Å². The zero-order valence-electron chi connectivity index (χ0n) is 14.2. The lowest BCUT2D eigenvalue weighted by molar-refractivity contribution is 0.0842. The summed E-state index contributed by atoms with van der Waals surface area (Å²) >= 11 is 0. The van der Waals surface area contributed by atoms with Crippen LogP contribution in [0.15, 0.2) is 72.3 Å². The fourth-order valence-electron chi connectivity index (χ4n) is 3.73. The van der Waals surface area contributed by atoms with E-state index < -0.39 is 22.2 Å². The Kier molecular flexibility index (Phi) is 4.19. The highest BCUT2D eigenvalue weighted by Gasteiger charge is 2.43. The first-order valence-electron chi connectivity index (χ1n) is 8.49. The first kappa shape index (κ1) is 17.0. The van der Waals surface area contributed by atoms with Crippen LogP contribution in [0.5, 0.6) is 0 Å². The second-order valence-electron chi connectivity index (χ2n) is 6.48. The highest BCUT2D eigenvalue weighted by molar-refractivity contribution is 7.89. The predicted octanol–water partition coefficient (Wildman–Crippen LogP) is 3.00. The number of hydrogen-bond donors (Lipinski definition) is 2. The minimum Gasteiger partial charge on any atom is -0.387 e. The predicted molar refractivity (Wildman–Crippen MR) is 101 cm³/mol. The van der Waals surface area contributed by atoms with Crippen molar-refractivity contribution in [2.24, 2.45) is 0 Å². The van der Waals surface area contributed by atoms with Crippen molar-refractivity contribution in [3.63, 3.8) is 0 Å². The lowest BCUT2D eigenvalue weighted by atomic mass is 9.95. The molecule has 1 aromatic heterocycles. The molecule has 0 amide bonds. The molecule has 26 heavy (non-hydrogen) atoms. The van der Waals surface area contributed by atoms with Crippen molar-refractivity contribution in [3.8, 4) is 0 Å². The number of H-pyrrole nitrogens is 1. The Morgan fingerprint density at radius 3 is 2.69 bits per heavy atom. The van der Waals surface area contributed by atoms with Crippen molar-refractivity contribution in [2.45, 2.75) is 23.5 Å². The Morgan fingerprint density at radius 2 is 1.88 bits per heavy atom. The zero-order chi connectivity index (χ0) is 18.3. The molecule has 0 spiro atoms. The third-order valence-electron chi connectivity index (χ3n) is 4.97. The first-order valence-corrected chi connectivity index (χ1v) is 9.93. The molecule has 0 bridgehead atoms. The highest BCUT2D eigenvalue weighted by atomic mass is 32.2. The van der Waals surface area contributed by atoms with Crippen molar-refractivity contribution in [3.05, 3.63) is 78.5 Å². The number of aliphatic hydroxyl groups excluding tert-OH is 1. The van der Waals surface area contributed by atoms with Crippen LogP contribution in [-0.4, -0.2) is 35.4 Å². The molecule has 134 valence electrons. The lowest BCUT2D eigenvalue weighted by Crippen LogP contribution is -2.49. The second kappa shape index (κ2) is 6.39. The van der Waals surface area contributed by atoms with Gasteiger partial charge in [-0.1, -0.05) is 42.5 Å². The van der Waals surface area contributed by atoms with Crippen molar-refractivity contribution in [1.82, 2.24) is 9.29 Å². The molecular weight excluding hydrogens is 348 g/mol. The summed E-state index contributed by atoms with van der Waals surface area (Å²) in [6.07, 6.45) is 2.95. The van der Waals surface area contributed by atoms with Crippen LogP contribution < -0.4 is 0 Å². The molecule has 0 aliphatic carbocycles. The minimum atomic E-state index is -3.69. The minimum absolute atomic E-state index is 0.154. The van der Waals surface area contributed by atoms with Gasteiger partial charge < -0.3 is 10.1 Å². The van der Waals surface area contributed by atoms with Crippen molar-refractivity contribution >= 4 is 20.9 Å². The summed E-state index contributed by atoms with van der Waals surface area (Å²) in [5.41, 5.74) is 2.43. The van der Waals surface area contributed by atoms with Gasteiger partial charge in [-0.25, -0.2) is 8.42 Å². The molecule has 0 radical (unpaired) electrons. The van der Waals surface area contributed by atoms with E-state index in [9.17, 15) is 13.5 Å². The zero-order valence-corrected chi connectivity index (χ0v) is 15.0. The maximum absolute atomic E-state index is 13.1. The van der Waals surface area contributed by atoms with E-state index in [1.54, 1.807) is 30.3 Å². The van der Waals surface area contributed by atoms with Gasteiger partial charge in [-0.05, 0) is 24.1 Å². The second-order valence-corrected chi connectivity index (χ2v) is 8.34. The SMILES string of the molecule is C=CCN1[C@H](Cc2c[nH]c3ccccc23)[C@@H](O)c2ccccc2S1(=O)=O. The average Bonchev–Trinajstić information content (AvgIpc) is 3.06. The maximum atomic E-state index is 13.1.